The number of hydrogen-bond acceptors (Lipinski definition) is 2. The van der Waals surface area contributed by atoms with Gasteiger partial charge in [-0.15, -0.1) is 0 Å². The third-order valence-electron chi connectivity index (χ3n) is 2.19. The van der Waals surface area contributed by atoms with Gasteiger partial charge in [0.05, 0.1) is 11.6 Å². The summed E-state index contributed by atoms with van der Waals surface area (Å²) >= 11 is 3.44. The van der Waals surface area contributed by atoms with Crippen molar-refractivity contribution in [1.29, 1.82) is 0 Å². The Kier molecular flexibility index (Phi) is 4.69. The molecule has 0 aromatic heterocycles. The molecule has 0 atom stereocenters. The second-order valence-corrected chi connectivity index (χ2v) is 4.16. The Labute approximate surface area is 99.5 Å². The van der Waals surface area contributed by atoms with E-state index in [1.807, 2.05) is 18.2 Å². The molecule has 0 fully saturated rings. The average Bonchev–Trinajstić information content (AvgIpc) is 2.26. The Bertz CT molecular complexity index is 349. The number of ether oxygens (including phenoxy) is 1. The summed E-state index contributed by atoms with van der Waals surface area (Å²) in [6.07, 6.45) is 1.00. The molecule has 0 unspecified atom stereocenters. The topological polar surface area (TPSA) is 21.3 Å². The summed E-state index contributed by atoms with van der Waals surface area (Å²) in [5.74, 6) is 0.842. The molecule has 15 heavy (non-hydrogen) atoms. The van der Waals surface area contributed by atoms with Gasteiger partial charge in [-0.3, -0.25) is 0 Å². The van der Waals surface area contributed by atoms with Gasteiger partial charge in [0.15, 0.2) is 0 Å². The Morgan fingerprint density at radius 1 is 1.53 bits per heavy atom. The van der Waals surface area contributed by atoms with Crippen LogP contribution in [-0.4, -0.2) is 13.7 Å². The maximum absolute atomic E-state index is 5.15. The van der Waals surface area contributed by atoms with Gasteiger partial charge >= 0.3 is 0 Å². The van der Waals surface area contributed by atoms with Crippen LogP contribution < -0.4 is 10.1 Å². The van der Waals surface area contributed by atoms with E-state index in [1.54, 1.807) is 7.11 Å². The predicted octanol–water partition coefficient (Wildman–Crippen LogP) is 3.84. The minimum absolute atomic E-state index is 0.815. The molecule has 2 nitrogen and oxygen atoms in total. The van der Waals surface area contributed by atoms with E-state index in [4.69, 9.17) is 4.74 Å². The summed E-state index contributed by atoms with van der Waals surface area (Å²) in [6, 6.07) is 5.93. The molecule has 3 heteroatoms. The van der Waals surface area contributed by atoms with Crippen LogP contribution in [0.5, 0.6) is 5.75 Å². The van der Waals surface area contributed by atoms with E-state index >= 15 is 0 Å². The summed E-state index contributed by atoms with van der Waals surface area (Å²) < 4.78 is 6.11. The highest BCUT2D eigenvalue weighted by atomic mass is 79.9. The Morgan fingerprint density at radius 3 is 2.80 bits per heavy atom. The predicted molar refractivity (Wildman–Crippen MR) is 68.6 cm³/mol. The maximum Gasteiger partial charge on any atom is 0.133 e. The third-order valence-corrected chi connectivity index (χ3v) is 2.81. The lowest BCUT2D eigenvalue weighted by atomic mass is 10.2. The van der Waals surface area contributed by atoms with Gasteiger partial charge in [-0.25, -0.2) is 0 Å². The number of anilines is 1. The Morgan fingerprint density at radius 2 is 2.27 bits per heavy atom. The van der Waals surface area contributed by atoms with Crippen LogP contribution in [0.15, 0.2) is 34.8 Å². The fourth-order valence-electron chi connectivity index (χ4n) is 1.13. The summed E-state index contributed by atoms with van der Waals surface area (Å²) in [5, 5.41) is 3.30. The molecule has 1 aromatic carbocycles. The fourth-order valence-corrected chi connectivity index (χ4v) is 1.67. The minimum atomic E-state index is 0.815. The van der Waals surface area contributed by atoms with Crippen LogP contribution in [0.1, 0.15) is 13.3 Å². The first-order chi connectivity index (χ1) is 7.17. The fraction of sp³-hybridized carbons (Fsp3) is 0.333. The van der Waals surface area contributed by atoms with Crippen molar-refractivity contribution in [3.63, 3.8) is 0 Å². The number of rotatable bonds is 5. The molecule has 0 heterocycles. The number of halogens is 1. The molecular formula is C12H16BrNO. The zero-order valence-corrected chi connectivity index (χ0v) is 10.7. The largest absolute Gasteiger partial charge is 0.496 e. The summed E-state index contributed by atoms with van der Waals surface area (Å²) in [7, 11) is 1.66. The molecule has 1 N–H and O–H groups in total. The number of benzene rings is 1. The van der Waals surface area contributed by atoms with Gasteiger partial charge in [0, 0.05) is 12.2 Å². The van der Waals surface area contributed by atoms with E-state index < -0.39 is 0 Å². The van der Waals surface area contributed by atoms with E-state index in [0.717, 1.165) is 28.9 Å². The van der Waals surface area contributed by atoms with E-state index in [9.17, 15) is 0 Å². The second-order valence-electron chi connectivity index (χ2n) is 3.31. The van der Waals surface area contributed by atoms with Crippen LogP contribution in [0.4, 0.5) is 5.69 Å². The van der Waals surface area contributed by atoms with E-state index in [-0.39, 0.29) is 0 Å². The lowest BCUT2D eigenvalue weighted by Gasteiger charge is -2.09. The summed E-state index contributed by atoms with van der Waals surface area (Å²) in [6.45, 7) is 6.87. The zero-order valence-electron chi connectivity index (χ0n) is 9.14. The first-order valence-electron chi connectivity index (χ1n) is 4.91. The molecule has 0 saturated carbocycles. The number of nitrogens with one attached hydrogen (secondary N) is 1. The molecule has 0 amide bonds. The highest BCUT2D eigenvalue weighted by Gasteiger charge is 2.00. The molecule has 0 radical (unpaired) electrons. The van der Waals surface area contributed by atoms with Gasteiger partial charge in [-0.2, -0.15) is 0 Å². The molecule has 0 aliphatic rings. The Hall–Kier alpha value is -0.960. The van der Waals surface area contributed by atoms with E-state index in [0.29, 0.717) is 0 Å². The van der Waals surface area contributed by atoms with Crippen molar-refractivity contribution in [1.82, 2.24) is 0 Å². The zero-order chi connectivity index (χ0) is 11.3. The normalized spacial score (nSPS) is 9.80. The molecule has 82 valence electrons. The van der Waals surface area contributed by atoms with Gasteiger partial charge < -0.3 is 10.1 Å². The van der Waals surface area contributed by atoms with Gasteiger partial charge in [-0.1, -0.05) is 19.1 Å². The van der Waals surface area contributed by atoms with E-state index in [2.05, 4.69) is 34.7 Å². The monoisotopic (exact) mass is 269 g/mol. The summed E-state index contributed by atoms with van der Waals surface area (Å²) in [5.41, 5.74) is 2.26. The molecule has 0 spiro atoms. The van der Waals surface area contributed by atoms with Crippen molar-refractivity contribution < 1.29 is 4.74 Å². The second kappa shape index (κ2) is 5.81. The molecule has 0 bridgehead atoms. The molecule has 0 saturated heterocycles. The standard InChI is InChI=1S/C12H16BrNO/c1-4-9(2)8-14-10-5-6-12(15-3)11(13)7-10/h5-7,14H,2,4,8H2,1,3H3. The van der Waals surface area contributed by atoms with Gasteiger partial charge in [0.1, 0.15) is 5.75 Å². The van der Waals surface area contributed by atoms with Crippen LogP contribution in [0.2, 0.25) is 0 Å². The first-order valence-corrected chi connectivity index (χ1v) is 5.70. The van der Waals surface area contributed by atoms with Gasteiger partial charge in [0.25, 0.3) is 0 Å². The van der Waals surface area contributed by atoms with Crippen molar-refractivity contribution in [3.8, 4) is 5.75 Å². The van der Waals surface area contributed by atoms with Crippen molar-refractivity contribution in [2.75, 3.05) is 19.0 Å². The van der Waals surface area contributed by atoms with Crippen LogP contribution in [0.25, 0.3) is 0 Å². The quantitative estimate of drug-likeness (QED) is 0.821. The van der Waals surface area contributed by atoms with Crippen molar-refractivity contribution >= 4 is 21.6 Å². The SMILES string of the molecule is C=C(CC)CNc1ccc(OC)c(Br)c1. The molecule has 1 aromatic rings. The summed E-state index contributed by atoms with van der Waals surface area (Å²) in [4.78, 5) is 0. The first kappa shape index (κ1) is 12.1. The molecule has 0 aliphatic carbocycles. The lowest BCUT2D eigenvalue weighted by molar-refractivity contribution is 0.412. The van der Waals surface area contributed by atoms with Gasteiger partial charge in [0.2, 0.25) is 0 Å². The van der Waals surface area contributed by atoms with Crippen LogP contribution in [0.3, 0.4) is 0 Å². The molecule has 1 rings (SSSR count). The number of hydrogen-bond donors (Lipinski definition) is 1. The smallest absolute Gasteiger partial charge is 0.133 e. The van der Waals surface area contributed by atoms with Crippen LogP contribution >= 0.6 is 15.9 Å². The molecule has 0 aliphatic heterocycles. The highest BCUT2D eigenvalue weighted by Crippen LogP contribution is 2.27. The lowest BCUT2D eigenvalue weighted by Crippen LogP contribution is -2.03. The average molecular weight is 270 g/mol. The highest BCUT2D eigenvalue weighted by molar-refractivity contribution is 9.10. The maximum atomic E-state index is 5.15. The Balaban J connectivity index is 2.63. The van der Waals surface area contributed by atoms with Crippen molar-refractivity contribution in [3.05, 3.63) is 34.8 Å². The van der Waals surface area contributed by atoms with Crippen LogP contribution in [-0.2, 0) is 0 Å². The third kappa shape index (κ3) is 3.59. The van der Waals surface area contributed by atoms with Crippen molar-refractivity contribution in [2.45, 2.75) is 13.3 Å². The van der Waals surface area contributed by atoms with Crippen molar-refractivity contribution in [2.24, 2.45) is 0 Å². The van der Waals surface area contributed by atoms with Crippen LogP contribution in [0, 0.1) is 0 Å². The van der Waals surface area contributed by atoms with E-state index in [1.165, 1.54) is 5.57 Å². The minimum Gasteiger partial charge on any atom is -0.496 e. The van der Waals surface area contributed by atoms with Gasteiger partial charge in [-0.05, 0) is 40.5 Å². The number of methoxy groups -OCH3 is 1. The molecular weight excluding hydrogens is 254 g/mol.